The Morgan fingerprint density at radius 1 is 0.328 bits per heavy atom. The standard InChI is InChI=1S/C58H98O6/c1-4-7-10-13-16-19-22-24-26-28-29-31-32-34-36-39-42-45-48-51-57(60)63-54-55(53-62-56(59)50-47-44-41-38-21-18-15-12-9-6-3)64-58(61)52-49-46-43-40-37-35-33-30-27-25-23-20-17-14-11-8-5-2/h7,10,16,19,24-27,29,31,34,36,42,45,55H,4-6,8-9,11-15,17-18,20-23,28,30,32-33,35,37-41,43-44,46-54H2,1-3H3/b10-7-,19-16-,26-24-,27-25-,31-29-,36-34-,45-42-/t55-/m1/s1. The van der Waals surface area contributed by atoms with E-state index < -0.39 is 6.10 Å². The molecule has 0 amide bonds. The summed E-state index contributed by atoms with van der Waals surface area (Å²) in [5.41, 5.74) is 0. The molecule has 6 nitrogen and oxygen atoms in total. The topological polar surface area (TPSA) is 78.9 Å². The van der Waals surface area contributed by atoms with Crippen LogP contribution in [0.25, 0.3) is 0 Å². The first-order chi connectivity index (χ1) is 31.5. The molecule has 0 fully saturated rings. The maximum Gasteiger partial charge on any atom is 0.306 e. The average molecular weight is 891 g/mol. The second-order valence-corrected chi connectivity index (χ2v) is 17.4. The van der Waals surface area contributed by atoms with Crippen LogP contribution in [0.4, 0.5) is 0 Å². The molecule has 64 heavy (non-hydrogen) atoms. The number of ether oxygens (including phenoxy) is 3. The summed E-state index contributed by atoms with van der Waals surface area (Å²) in [6.45, 7) is 6.44. The minimum atomic E-state index is -0.807. The van der Waals surface area contributed by atoms with Crippen LogP contribution in [-0.2, 0) is 28.6 Å². The highest BCUT2D eigenvalue weighted by molar-refractivity contribution is 5.71. The third kappa shape index (κ3) is 49.6. The molecule has 0 aromatic carbocycles. The van der Waals surface area contributed by atoms with Gasteiger partial charge >= 0.3 is 17.9 Å². The molecule has 0 aromatic heterocycles. The number of carbonyl (C=O) groups excluding carboxylic acids is 3. The van der Waals surface area contributed by atoms with Crippen molar-refractivity contribution in [2.75, 3.05) is 13.2 Å². The lowest BCUT2D eigenvalue weighted by Crippen LogP contribution is -2.30. The smallest absolute Gasteiger partial charge is 0.306 e. The lowest BCUT2D eigenvalue weighted by Gasteiger charge is -2.18. The van der Waals surface area contributed by atoms with Crippen LogP contribution >= 0.6 is 0 Å². The van der Waals surface area contributed by atoms with Crippen LogP contribution in [0, 0.1) is 0 Å². The summed E-state index contributed by atoms with van der Waals surface area (Å²) >= 11 is 0. The zero-order chi connectivity index (χ0) is 46.5. The second-order valence-electron chi connectivity index (χ2n) is 17.4. The molecule has 1 atom stereocenters. The lowest BCUT2D eigenvalue weighted by atomic mass is 10.1. The average Bonchev–Trinajstić information content (AvgIpc) is 3.29. The summed E-state index contributed by atoms with van der Waals surface area (Å²) in [5.74, 6) is -0.993. The van der Waals surface area contributed by atoms with Gasteiger partial charge in [-0.1, -0.05) is 228 Å². The lowest BCUT2D eigenvalue weighted by molar-refractivity contribution is -0.166. The van der Waals surface area contributed by atoms with Crippen molar-refractivity contribution in [3.05, 3.63) is 85.1 Å². The summed E-state index contributed by atoms with van der Waals surface area (Å²) in [7, 11) is 0. The quantitative estimate of drug-likeness (QED) is 0.0262. The molecular weight excluding hydrogens is 793 g/mol. The first-order valence-electron chi connectivity index (χ1n) is 26.6. The van der Waals surface area contributed by atoms with Crippen molar-refractivity contribution in [3.63, 3.8) is 0 Å². The van der Waals surface area contributed by atoms with E-state index in [1.807, 2.05) is 6.08 Å². The van der Waals surface area contributed by atoms with E-state index >= 15 is 0 Å². The van der Waals surface area contributed by atoms with Gasteiger partial charge in [-0.15, -0.1) is 0 Å². The molecule has 0 aliphatic heterocycles. The summed E-state index contributed by atoms with van der Waals surface area (Å²) in [6.07, 6.45) is 67.2. The molecular formula is C58H98O6. The predicted molar refractivity (Wildman–Crippen MR) is 274 cm³/mol. The van der Waals surface area contributed by atoms with Gasteiger partial charge in [0, 0.05) is 19.3 Å². The van der Waals surface area contributed by atoms with Crippen LogP contribution in [0.1, 0.15) is 245 Å². The number of rotatable bonds is 47. The van der Waals surface area contributed by atoms with Gasteiger partial charge in [-0.2, -0.15) is 0 Å². The molecule has 0 N–H and O–H groups in total. The number of allylic oxidation sites excluding steroid dienone is 14. The first-order valence-corrected chi connectivity index (χ1v) is 26.6. The number of carbonyl (C=O) groups is 3. The van der Waals surface area contributed by atoms with Crippen molar-refractivity contribution >= 4 is 17.9 Å². The van der Waals surface area contributed by atoms with Gasteiger partial charge in [0.1, 0.15) is 13.2 Å². The molecule has 0 spiro atoms. The van der Waals surface area contributed by atoms with Gasteiger partial charge in [-0.25, -0.2) is 0 Å². The summed E-state index contributed by atoms with van der Waals surface area (Å²) in [5, 5.41) is 0. The van der Waals surface area contributed by atoms with Crippen LogP contribution in [0.3, 0.4) is 0 Å². The summed E-state index contributed by atoms with van der Waals surface area (Å²) in [6, 6.07) is 0. The van der Waals surface area contributed by atoms with Gasteiger partial charge in [0.15, 0.2) is 6.10 Å². The summed E-state index contributed by atoms with van der Waals surface area (Å²) < 4.78 is 16.7. The number of esters is 3. The molecule has 0 saturated heterocycles. The van der Waals surface area contributed by atoms with Gasteiger partial charge in [0.25, 0.3) is 0 Å². The molecule has 6 heteroatoms. The Balaban J connectivity index is 4.46. The molecule has 0 rings (SSSR count). The Morgan fingerprint density at radius 3 is 1.05 bits per heavy atom. The Bertz CT molecular complexity index is 1250. The van der Waals surface area contributed by atoms with E-state index in [-0.39, 0.29) is 37.5 Å². The van der Waals surface area contributed by atoms with Crippen LogP contribution in [0.5, 0.6) is 0 Å². The number of unbranched alkanes of at least 4 members (excludes halogenated alkanes) is 22. The molecule has 0 aromatic rings. The van der Waals surface area contributed by atoms with E-state index in [2.05, 4.69) is 99.8 Å². The fraction of sp³-hybridized carbons (Fsp3) is 0.707. The third-order valence-corrected chi connectivity index (χ3v) is 11.1. The van der Waals surface area contributed by atoms with E-state index in [0.717, 1.165) is 77.0 Å². The summed E-state index contributed by atoms with van der Waals surface area (Å²) in [4.78, 5) is 37.9. The Labute approximate surface area is 395 Å². The predicted octanol–water partition coefficient (Wildman–Crippen LogP) is 17.6. The molecule has 0 heterocycles. The van der Waals surface area contributed by atoms with Gasteiger partial charge in [0.05, 0.1) is 0 Å². The molecule has 0 bridgehead atoms. The van der Waals surface area contributed by atoms with E-state index in [4.69, 9.17) is 14.2 Å². The van der Waals surface area contributed by atoms with Gasteiger partial charge in [0.2, 0.25) is 0 Å². The largest absolute Gasteiger partial charge is 0.462 e. The van der Waals surface area contributed by atoms with Crippen molar-refractivity contribution in [1.29, 1.82) is 0 Å². The fourth-order valence-corrected chi connectivity index (χ4v) is 7.17. The van der Waals surface area contributed by atoms with Crippen molar-refractivity contribution in [2.45, 2.75) is 252 Å². The van der Waals surface area contributed by atoms with Crippen LogP contribution in [0.2, 0.25) is 0 Å². The fourth-order valence-electron chi connectivity index (χ4n) is 7.17. The number of hydrogen-bond acceptors (Lipinski definition) is 6. The Kier molecular flexibility index (Phi) is 49.4. The van der Waals surface area contributed by atoms with Crippen LogP contribution in [0.15, 0.2) is 85.1 Å². The highest BCUT2D eigenvalue weighted by atomic mass is 16.6. The zero-order valence-electron chi connectivity index (χ0n) is 41.8. The van der Waals surface area contributed by atoms with Crippen molar-refractivity contribution in [3.8, 4) is 0 Å². The van der Waals surface area contributed by atoms with E-state index in [0.29, 0.717) is 19.3 Å². The Morgan fingerprint density at radius 2 is 0.641 bits per heavy atom. The van der Waals surface area contributed by atoms with Gasteiger partial charge in [-0.05, 0) is 83.5 Å². The van der Waals surface area contributed by atoms with Crippen LogP contribution in [-0.4, -0.2) is 37.2 Å². The van der Waals surface area contributed by atoms with E-state index in [1.54, 1.807) is 0 Å². The van der Waals surface area contributed by atoms with E-state index in [1.165, 1.54) is 122 Å². The molecule has 366 valence electrons. The third-order valence-electron chi connectivity index (χ3n) is 11.1. The van der Waals surface area contributed by atoms with Crippen LogP contribution < -0.4 is 0 Å². The minimum absolute atomic E-state index is 0.100. The van der Waals surface area contributed by atoms with Gasteiger partial charge < -0.3 is 14.2 Å². The second kappa shape index (κ2) is 52.2. The SMILES string of the molecule is CC/C=C\C/C=C\C/C=C\C/C=C\C/C=C\C/C=C\CCC(=O)OC[C@@H](COC(=O)CCCCCCCCCCCC)OC(=O)CCCCCCCCC/C=C\CCCCCCCC. The Hall–Kier alpha value is -3.41. The zero-order valence-corrected chi connectivity index (χ0v) is 41.8. The van der Waals surface area contributed by atoms with Gasteiger partial charge in [-0.3, -0.25) is 14.4 Å². The maximum absolute atomic E-state index is 12.8. The highest BCUT2D eigenvalue weighted by Gasteiger charge is 2.19. The molecule has 0 aliphatic carbocycles. The van der Waals surface area contributed by atoms with Crippen molar-refractivity contribution in [1.82, 2.24) is 0 Å². The van der Waals surface area contributed by atoms with Crippen molar-refractivity contribution < 1.29 is 28.6 Å². The van der Waals surface area contributed by atoms with Crippen molar-refractivity contribution in [2.24, 2.45) is 0 Å². The normalized spacial score (nSPS) is 12.7. The monoisotopic (exact) mass is 891 g/mol. The molecule has 0 radical (unpaired) electrons. The first kappa shape index (κ1) is 60.6. The molecule has 0 aliphatic rings. The number of hydrogen-bond donors (Lipinski definition) is 0. The highest BCUT2D eigenvalue weighted by Crippen LogP contribution is 2.14. The molecule has 0 unspecified atom stereocenters. The molecule has 0 saturated carbocycles. The van der Waals surface area contributed by atoms with E-state index in [9.17, 15) is 14.4 Å². The maximum atomic E-state index is 12.8. The minimum Gasteiger partial charge on any atom is -0.462 e.